The maximum atomic E-state index is 14.1. The van der Waals surface area contributed by atoms with Gasteiger partial charge >= 0.3 is 0 Å². The minimum Gasteiger partial charge on any atom is -0.356 e. The number of hydrogen-bond donors (Lipinski definition) is 2. The molecule has 0 aromatic carbocycles. The molecule has 0 saturated carbocycles. The third kappa shape index (κ3) is 6.15. The molecule has 32 heavy (non-hydrogen) atoms. The Balaban J connectivity index is 0.00000289. The molecule has 1 aliphatic heterocycles. The molecule has 1 unspecified atom stereocenters. The molecule has 1 aliphatic rings. The zero-order valence-electron chi connectivity index (χ0n) is 18.2. The predicted octanol–water partition coefficient (Wildman–Crippen LogP) is 2.89. The molecule has 0 amide bonds. The Morgan fingerprint density at radius 2 is 2.19 bits per heavy atom. The van der Waals surface area contributed by atoms with Crippen LogP contribution in [-0.4, -0.2) is 51.4 Å². The molecule has 1 atom stereocenters. The number of nitrogens with zero attached hydrogens (tertiary/aromatic N) is 6. The summed E-state index contributed by atoms with van der Waals surface area (Å²) in [6, 6.07) is 7.41. The van der Waals surface area contributed by atoms with Gasteiger partial charge in [0.15, 0.2) is 23.4 Å². The van der Waals surface area contributed by atoms with Crippen molar-refractivity contribution in [3.63, 3.8) is 0 Å². The van der Waals surface area contributed by atoms with Gasteiger partial charge in [-0.05, 0) is 43.3 Å². The lowest BCUT2D eigenvalue weighted by molar-refractivity contribution is 0.612. The molecule has 4 heterocycles. The molecule has 3 aromatic rings. The second kappa shape index (κ2) is 11.5. The number of nitrogens with one attached hydrogen (secondary N) is 2. The fourth-order valence-corrected chi connectivity index (χ4v) is 4.23. The molecule has 11 heteroatoms. The molecule has 0 bridgehead atoms. The zero-order chi connectivity index (χ0) is 21.6. The fraction of sp³-hybridized carbons (Fsp3) is 0.429. The van der Waals surface area contributed by atoms with Crippen LogP contribution in [0, 0.1) is 12.7 Å². The van der Waals surface area contributed by atoms with Crippen LogP contribution in [0.1, 0.15) is 22.9 Å². The second-order valence-corrected chi connectivity index (χ2v) is 8.56. The Morgan fingerprint density at radius 1 is 1.31 bits per heavy atom. The molecule has 2 N–H and O–H groups in total. The average molecular weight is 570 g/mol. The Bertz CT molecular complexity index is 1020. The minimum atomic E-state index is -0.288. The van der Waals surface area contributed by atoms with Crippen LogP contribution in [0.15, 0.2) is 40.8 Å². The van der Waals surface area contributed by atoms with Gasteiger partial charge in [0.25, 0.3) is 0 Å². The summed E-state index contributed by atoms with van der Waals surface area (Å²) >= 11 is 1.75. The average Bonchev–Trinajstić information content (AvgIpc) is 3.51. The fourth-order valence-electron chi connectivity index (χ4n) is 3.52. The van der Waals surface area contributed by atoms with E-state index in [0.717, 1.165) is 43.5 Å². The molecule has 0 spiro atoms. The van der Waals surface area contributed by atoms with Crippen molar-refractivity contribution in [1.82, 2.24) is 30.4 Å². The van der Waals surface area contributed by atoms with E-state index in [9.17, 15) is 4.39 Å². The van der Waals surface area contributed by atoms with E-state index in [1.165, 1.54) is 10.9 Å². The monoisotopic (exact) mass is 570 g/mol. The van der Waals surface area contributed by atoms with E-state index in [4.69, 9.17) is 4.99 Å². The summed E-state index contributed by atoms with van der Waals surface area (Å²) in [4.78, 5) is 12.2. The van der Waals surface area contributed by atoms with Crippen molar-refractivity contribution in [1.29, 1.82) is 0 Å². The van der Waals surface area contributed by atoms with Crippen LogP contribution >= 0.6 is 35.3 Å². The molecular formula is C21H28FIN8S. The van der Waals surface area contributed by atoms with E-state index >= 15 is 0 Å². The first kappa shape index (κ1) is 24.4. The molecule has 0 aliphatic carbocycles. The van der Waals surface area contributed by atoms with Crippen molar-refractivity contribution in [2.45, 2.75) is 32.4 Å². The molecule has 8 nitrogen and oxygen atoms in total. The third-order valence-corrected chi connectivity index (χ3v) is 6.31. The van der Waals surface area contributed by atoms with Gasteiger partial charge < -0.3 is 20.1 Å². The number of pyridine rings is 1. The summed E-state index contributed by atoms with van der Waals surface area (Å²) in [7, 11) is 1.94. The van der Waals surface area contributed by atoms with Gasteiger partial charge in [-0.3, -0.25) is 0 Å². The first-order valence-corrected chi connectivity index (χ1v) is 11.3. The predicted molar refractivity (Wildman–Crippen MR) is 136 cm³/mol. The SMILES string of the molecule is Cc1nnc(CN=C(NCCc2cccs2)NC2CCN(c3ncccc3F)C2)n1C.I. The maximum Gasteiger partial charge on any atom is 0.192 e. The van der Waals surface area contributed by atoms with Crippen LogP contribution in [0.3, 0.4) is 0 Å². The van der Waals surface area contributed by atoms with E-state index in [2.05, 4.69) is 43.3 Å². The van der Waals surface area contributed by atoms with Crippen LogP contribution in [0.2, 0.25) is 0 Å². The van der Waals surface area contributed by atoms with Crippen molar-refractivity contribution >= 4 is 47.1 Å². The zero-order valence-corrected chi connectivity index (χ0v) is 21.3. The number of aryl methyl sites for hydroxylation is 1. The Kier molecular flexibility index (Phi) is 8.79. The van der Waals surface area contributed by atoms with E-state index in [0.29, 0.717) is 18.9 Å². The first-order chi connectivity index (χ1) is 15.1. The van der Waals surface area contributed by atoms with Crippen molar-refractivity contribution < 1.29 is 4.39 Å². The van der Waals surface area contributed by atoms with Gasteiger partial charge in [0.2, 0.25) is 0 Å². The summed E-state index contributed by atoms with van der Waals surface area (Å²) in [5.74, 6) is 2.51. The number of rotatable bonds is 7. The number of halogens is 2. The number of hydrogen-bond acceptors (Lipinski definition) is 6. The van der Waals surface area contributed by atoms with Crippen LogP contribution in [0.25, 0.3) is 0 Å². The summed E-state index contributed by atoms with van der Waals surface area (Å²) in [5.41, 5.74) is 0. The molecular weight excluding hydrogens is 542 g/mol. The molecule has 0 radical (unpaired) electrons. The smallest absolute Gasteiger partial charge is 0.192 e. The van der Waals surface area contributed by atoms with E-state index in [1.54, 1.807) is 23.6 Å². The molecule has 4 rings (SSSR count). The number of aromatic nitrogens is 4. The van der Waals surface area contributed by atoms with Gasteiger partial charge in [0, 0.05) is 43.8 Å². The lowest BCUT2D eigenvalue weighted by Gasteiger charge is -2.20. The minimum absolute atomic E-state index is 0. The van der Waals surface area contributed by atoms with E-state index < -0.39 is 0 Å². The number of anilines is 1. The highest BCUT2D eigenvalue weighted by Crippen LogP contribution is 2.20. The van der Waals surface area contributed by atoms with Crippen molar-refractivity contribution in [2.75, 3.05) is 24.5 Å². The van der Waals surface area contributed by atoms with Crippen molar-refractivity contribution in [2.24, 2.45) is 12.0 Å². The standard InChI is InChI=1S/C21H27FN8S.HI/c1-15-27-28-19(29(15)2)13-25-21(24-10-7-17-5-4-12-31-17)26-16-8-11-30(14-16)20-18(22)6-3-9-23-20;/h3-6,9,12,16H,7-8,10-11,13-14H2,1-2H3,(H2,24,25,26);1H. The van der Waals surface area contributed by atoms with Crippen LogP contribution in [-0.2, 0) is 20.0 Å². The molecule has 172 valence electrons. The Morgan fingerprint density at radius 3 is 2.91 bits per heavy atom. The van der Waals surface area contributed by atoms with Gasteiger partial charge in [-0.25, -0.2) is 14.4 Å². The second-order valence-electron chi connectivity index (χ2n) is 7.53. The van der Waals surface area contributed by atoms with Crippen LogP contribution in [0.5, 0.6) is 0 Å². The highest BCUT2D eigenvalue weighted by atomic mass is 127. The van der Waals surface area contributed by atoms with Gasteiger partial charge in [0.05, 0.1) is 0 Å². The van der Waals surface area contributed by atoms with Crippen molar-refractivity contribution in [3.8, 4) is 0 Å². The quantitative estimate of drug-likeness (QED) is 0.258. The molecule has 1 fully saturated rings. The highest BCUT2D eigenvalue weighted by Gasteiger charge is 2.26. The number of thiophene rings is 1. The molecule has 3 aromatic heterocycles. The third-order valence-electron chi connectivity index (χ3n) is 5.37. The largest absolute Gasteiger partial charge is 0.356 e. The molecule has 1 saturated heterocycles. The lowest BCUT2D eigenvalue weighted by Crippen LogP contribution is -2.45. The number of guanidine groups is 1. The summed E-state index contributed by atoms with van der Waals surface area (Å²) in [5, 5.41) is 17.3. The van der Waals surface area contributed by atoms with Gasteiger partial charge in [-0.1, -0.05) is 6.07 Å². The summed E-state index contributed by atoms with van der Waals surface area (Å²) in [6.45, 7) is 4.54. The Hall–Kier alpha value is -2.28. The number of aliphatic imine (C=N–C) groups is 1. The van der Waals surface area contributed by atoms with Gasteiger partial charge in [-0.15, -0.1) is 45.5 Å². The first-order valence-electron chi connectivity index (χ1n) is 10.4. The lowest BCUT2D eigenvalue weighted by atomic mass is 10.3. The summed E-state index contributed by atoms with van der Waals surface area (Å²) < 4.78 is 16.0. The van der Waals surface area contributed by atoms with Crippen LogP contribution in [0.4, 0.5) is 10.2 Å². The maximum absolute atomic E-state index is 14.1. The van der Waals surface area contributed by atoms with E-state index in [-0.39, 0.29) is 35.8 Å². The summed E-state index contributed by atoms with van der Waals surface area (Å²) in [6.07, 6.45) is 3.43. The van der Waals surface area contributed by atoms with Crippen molar-refractivity contribution in [3.05, 3.63) is 58.2 Å². The van der Waals surface area contributed by atoms with Crippen LogP contribution < -0.4 is 15.5 Å². The van der Waals surface area contributed by atoms with Gasteiger partial charge in [-0.2, -0.15) is 0 Å². The highest BCUT2D eigenvalue weighted by molar-refractivity contribution is 14.0. The Labute approximate surface area is 208 Å². The normalized spacial score (nSPS) is 16.2. The van der Waals surface area contributed by atoms with Gasteiger partial charge in [0.1, 0.15) is 12.4 Å². The topological polar surface area (TPSA) is 83.3 Å². The van der Waals surface area contributed by atoms with E-state index in [1.807, 2.05) is 23.4 Å².